The first-order chi connectivity index (χ1) is 9.11. The number of benzene rings is 1. The molecule has 0 saturated heterocycles. The Hall–Kier alpha value is -1.46. The molecule has 1 N–H and O–H groups in total. The number of ether oxygens (including phenoxy) is 1. The summed E-state index contributed by atoms with van der Waals surface area (Å²) in [5.74, 6) is 0.500. The molecule has 1 aromatic carbocycles. The van der Waals surface area contributed by atoms with Crippen LogP contribution in [0.3, 0.4) is 0 Å². The molecule has 19 heavy (non-hydrogen) atoms. The third-order valence-electron chi connectivity index (χ3n) is 2.89. The van der Waals surface area contributed by atoms with Crippen molar-refractivity contribution in [2.75, 3.05) is 7.11 Å². The second-order valence-corrected chi connectivity index (χ2v) is 5.04. The lowest BCUT2D eigenvalue weighted by Gasteiger charge is -2.14. The van der Waals surface area contributed by atoms with Crippen molar-refractivity contribution in [1.82, 2.24) is 9.97 Å². The van der Waals surface area contributed by atoms with Crippen molar-refractivity contribution in [3.63, 3.8) is 0 Å². The maximum atomic E-state index is 10.3. The van der Waals surface area contributed by atoms with E-state index in [9.17, 15) is 5.11 Å². The Morgan fingerprint density at radius 2 is 2.16 bits per heavy atom. The van der Waals surface area contributed by atoms with Gasteiger partial charge in [0.05, 0.1) is 18.9 Å². The topological polar surface area (TPSA) is 55.2 Å². The zero-order valence-corrected chi connectivity index (χ0v) is 12.4. The van der Waals surface area contributed by atoms with E-state index in [-0.39, 0.29) is 0 Å². The van der Waals surface area contributed by atoms with Crippen LogP contribution in [-0.2, 0) is 6.42 Å². The predicted molar refractivity (Wildman–Crippen MR) is 76.1 cm³/mol. The first-order valence-corrected chi connectivity index (χ1v) is 6.69. The second-order valence-electron chi connectivity index (χ2n) is 4.25. The van der Waals surface area contributed by atoms with E-state index in [1.165, 1.54) is 6.33 Å². The van der Waals surface area contributed by atoms with Gasteiger partial charge in [-0.05, 0) is 18.1 Å². The van der Waals surface area contributed by atoms with Crippen LogP contribution in [0.1, 0.15) is 22.9 Å². The number of hydrogen-bond donors (Lipinski definition) is 1. The number of halogens is 1. The summed E-state index contributed by atoms with van der Waals surface area (Å²) in [5, 5.41) is 10.3. The minimum Gasteiger partial charge on any atom is -0.481 e. The Labute approximate surface area is 120 Å². The highest BCUT2D eigenvalue weighted by atomic mass is 79.9. The van der Waals surface area contributed by atoms with Gasteiger partial charge in [-0.15, -0.1) is 0 Å². The van der Waals surface area contributed by atoms with Gasteiger partial charge < -0.3 is 9.84 Å². The highest BCUT2D eigenvalue weighted by Crippen LogP contribution is 2.28. The molecule has 0 aliphatic heterocycles. The fourth-order valence-electron chi connectivity index (χ4n) is 1.84. The number of methoxy groups -OCH3 is 1. The smallest absolute Gasteiger partial charge is 0.216 e. The Balaban J connectivity index is 2.20. The fraction of sp³-hybridized carbons (Fsp3) is 0.286. The Morgan fingerprint density at radius 1 is 1.37 bits per heavy atom. The minimum absolute atomic E-state index is 0.418. The van der Waals surface area contributed by atoms with Crippen LogP contribution in [0.5, 0.6) is 5.88 Å². The third-order valence-corrected chi connectivity index (χ3v) is 3.97. The van der Waals surface area contributed by atoms with Gasteiger partial charge in [0.1, 0.15) is 6.33 Å². The number of hydrogen-bond acceptors (Lipinski definition) is 4. The summed E-state index contributed by atoms with van der Waals surface area (Å²) in [7, 11) is 1.56. The first kappa shape index (κ1) is 14.0. The van der Waals surface area contributed by atoms with E-state index in [4.69, 9.17) is 4.74 Å². The number of aromatic nitrogens is 2. The molecule has 0 amide bonds. The molecule has 2 aromatic rings. The summed E-state index contributed by atoms with van der Waals surface area (Å²) in [5.41, 5.74) is 2.70. The second kappa shape index (κ2) is 6.12. The Bertz CT molecular complexity index is 575. The molecule has 100 valence electrons. The average molecular weight is 323 g/mol. The van der Waals surface area contributed by atoms with Crippen molar-refractivity contribution in [3.05, 3.63) is 51.9 Å². The molecule has 0 fully saturated rings. The van der Waals surface area contributed by atoms with Crippen molar-refractivity contribution >= 4 is 15.9 Å². The van der Waals surface area contributed by atoms with Crippen LogP contribution in [0.2, 0.25) is 0 Å². The van der Waals surface area contributed by atoms with E-state index in [0.717, 1.165) is 21.3 Å². The predicted octanol–water partition coefficient (Wildman–Crippen LogP) is 2.83. The molecule has 1 atom stereocenters. The zero-order valence-electron chi connectivity index (χ0n) is 10.8. The van der Waals surface area contributed by atoms with Crippen molar-refractivity contribution < 1.29 is 9.84 Å². The molecule has 4 nitrogen and oxygen atoms in total. The molecule has 1 unspecified atom stereocenters. The minimum atomic E-state index is -0.617. The van der Waals surface area contributed by atoms with Gasteiger partial charge in [-0.25, -0.2) is 9.97 Å². The summed E-state index contributed by atoms with van der Waals surface area (Å²) >= 11 is 3.50. The van der Waals surface area contributed by atoms with Crippen molar-refractivity contribution in [1.29, 1.82) is 0 Å². The lowest BCUT2D eigenvalue weighted by Crippen LogP contribution is -2.05. The van der Waals surface area contributed by atoms with Crippen LogP contribution in [0, 0.1) is 6.92 Å². The summed E-state index contributed by atoms with van der Waals surface area (Å²) in [6, 6.07) is 7.56. The SMILES string of the molecule is COc1cc(CC(O)c2cccc(C)c2Br)ncn1. The summed E-state index contributed by atoms with van der Waals surface area (Å²) in [6.07, 6.45) is 1.24. The fourth-order valence-corrected chi connectivity index (χ4v) is 2.36. The number of nitrogens with zero attached hydrogens (tertiary/aromatic N) is 2. The van der Waals surface area contributed by atoms with E-state index < -0.39 is 6.10 Å². The van der Waals surface area contributed by atoms with Crippen LogP contribution in [0.15, 0.2) is 35.1 Å². The van der Waals surface area contributed by atoms with E-state index in [1.54, 1.807) is 13.2 Å². The Morgan fingerprint density at radius 3 is 2.89 bits per heavy atom. The van der Waals surface area contributed by atoms with Gasteiger partial charge in [-0.1, -0.05) is 34.1 Å². The molecular formula is C14H15BrN2O2. The van der Waals surface area contributed by atoms with Crippen molar-refractivity contribution in [2.24, 2.45) is 0 Å². The quantitative estimate of drug-likeness (QED) is 0.940. The zero-order chi connectivity index (χ0) is 13.8. The van der Waals surface area contributed by atoms with E-state index in [2.05, 4.69) is 25.9 Å². The molecule has 0 aliphatic carbocycles. The first-order valence-electron chi connectivity index (χ1n) is 5.90. The lowest BCUT2D eigenvalue weighted by molar-refractivity contribution is 0.176. The van der Waals surface area contributed by atoms with Gasteiger partial charge in [0, 0.05) is 17.0 Å². The number of rotatable bonds is 4. The van der Waals surface area contributed by atoms with Gasteiger partial charge >= 0.3 is 0 Å². The highest BCUT2D eigenvalue weighted by molar-refractivity contribution is 9.10. The Kier molecular flexibility index (Phi) is 4.50. The molecule has 0 bridgehead atoms. The monoisotopic (exact) mass is 322 g/mol. The van der Waals surface area contributed by atoms with Gasteiger partial charge in [0.2, 0.25) is 5.88 Å². The largest absolute Gasteiger partial charge is 0.481 e. The van der Waals surface area contributed by atoms with Crippen LogP contribution < -0.4 is 4.74 Å². The maximum Gasteiger partial charge on any atom is 0.216 e. The average Bonchev–Trinajstić information content (AvgIpc) is 2.42. The number of aliphatic hydroxyl groups excluding tert-OH is 1. The number of aliphatic hydroxyl groups is 1. The molecule has 0 spiro atoms. The van der Waals surface area contributed by atoms with E-state index in [0.29, 0.717) is 12.3 Å². The van der Waals surface area contributed by atoms with Crippen molar-refractivity contribution in [2.45, 2.75) is 19.4 Å². The highest BCUT2D eigenvalue weighted by Gasteiger charge is 2.14. The molecular weight excluding hydrogens is 308 g/mol. The van der Waals surface area contributed by atoms with Crippen LogP contribution >= 0.6 is 15.9 Å². The standard InChI is InChI=1S/C14H15BrN2O2/c1-9-4-3-5-11(14(9)15)12(18)6-10-7-13(19-2)17-8-16-10/h3-5,7-8,12,18H,6H2,1-2H3. The summed E-state index contributed by atoms with van der Waals surface area (Å²) in [6.45, 7) is 1.99. The molecule has 0 radical (unpaired) electrons. The van der Waals surface area contributed by atoms with Crippen LogP contribution in [-0.4, -0.2) is 22.2 Å². The summed E-state index contributed by atoms with van der Waals surface area (Å²) in [4.78, 5) is 8.08. The normalized spacial score (nSPS) is 12.2. The maximum absolute atomic E-state index is 10.3. The molecule has 0 saturated carbocycles. The van der Waals surface area contributed by atoms with Gasteiger partial charge in [-0.3, -0.25) is 0 Å². The van der Waals surface area contributed by atoms with Gasteiger partial charge in [0.25, 0.3) is 0 Å². The van der Waals surface area contributed by atoms with Crippen molar-refractivity contribution in [3.8, 4) is 5.88 Å². The van der Waals surface area contributed by atoms with Crippen LogP contribution in [0.25, 0.3) is 0 Å². The summed E-state index contributed by atoms with van der Waals surface area (Å²) < 4.78 is 5.98. The van der Waals surface area contributed by atoms with Gasteiger partial charge in [-0.2, -0.15) is 0 Å². The molecule has 1 aromatic heterocycles. The number of aryl methyl sites for hydroxylation is 1. The van der Waals surface area contributed by atoms with E-state index >= 15 is 0 Å². The lowest BCUT2D eigenvalue weighted by atomic mass is 10.0. The molecule has 2 rings (SSSR count). The van der Waals surface area contributed by atoms with E-state index in [1.807, 2.05) is 25.1 Å². The molecule has 5 heteroatoms. The molecule has 1 heterocycles. The van der Waals surface area contributed by atoms with Gasteiger partial charge in [0.15, 0.2) is 0 Å². The molecule has 0 aliphatic rings. The third kappa shape index (κ3) is 3.30. The van der Waals surface area contributed by atoms with Crippen LogP contribution in [0.4, 0.5) is 0 Å².